The van der Waals surface area contributed by atoms with Crippen molar-refractivity contribution < 1.29 is 4.74 Å². The van der Waals surface area contributed by atoms with E-state index in [0.717, 1.165) is 73.5 Å². The van der Waals surface area contributed by atoms with Crippen LogP contribution < -0.4 is 15.1 Å². The topological polar surface area (TPSA) is 111 Å². The molecule has 1 N–H and O–H groups in total. The molecule has 6 rings (SSSR count). The number of benzene rings is 2. The Morgan fingerprint density at radius 2 is 1.67 bits per heavy atom. The van der Waals surface area contributed by atoms with Crippen molar-refractivity contribution in [2.24, 2.45) is 0 Å². The first-order valence-corrected chi connectivity index (χ1v) is 13.1. The van der Waals surface area contributed by atoms with Gasteiger partial charge in [0.25, 0.3) is 0 Å². The lowest BCUT2D eigenvalue weighted by molar-refractivity contribution is 0.122. The van der Waals surface area contributed by atoms with Gasteiger partial charge >= 0.3 is 0 Å². The Hall–Kier alpha value is -4.53. The molecule has 198 valence electrons. The van der Waals surface area contributed by atoms with E-state index in [1.54, 1.807) is 17.2 Å². The maximum absolute atomic E-state index is 9.61. The maximum Gasteiger partial charge on any atom is 0.245 e. The standard InChI is InChI=1S/C28H30N10O/c1-35-8-10-37(11-9-35)28-31-20-38(34-28)24-4-2-23(3-5-24)32-27-30-7-6-26(33-27)22-16-21(19-29)17-25(18-22)36-12-14-39-15-13-36/h2-7,16-18,20H,8-15H2,1H3,(H,30,32,33). The van der Waals surface area contributed by atoms with E-state index < -0.39 is 0 Å². The molecule has 0 aliphatic carbocycles. The van der Waals surface area contributed by atoms with Crippen LogP contribution in [-0.4, -0.2) is 89.2 Å². The molecular weight excluding hydrogens is 492 g/mol. The van der Waals surface area contributed by atoms with Gasteiger partial charge in [0.15, 0.2) is 0 Å². The van der Waals surface area contributed by atoms with Gasteiger partial charge in [0.2, 0.25) is 11.9 Å². The molecule has 2 saturated heterocycles. The molecular formula is C28H30N10O. The van der Waals surface area contributed by atoms with Crippen LogP contribution in [0.4, 0.5) is 23.3 Å². The highest BCUT2D eigenvalue weighted by molar-refractivity contribution is 5.70. The third-order valence-electron chi connectivity index (χ3n) is 7.03. The molecule has 2 aliphatic rings. The van der Waals surface area contributed by atoms with E-state index in [0.29, 0.717) is 24.7 Å². The number of nitrogens with zero attached hydrogens (tertiary/aromatic N) is 9. The van der Waals surface area contributed by atoms with E-state index in [-0.39, 0.29) is 0 Å². The molecule has 2 aromatic heterocycles. The number of aromatic nitrogens is 5. The molecule has 2 aliphatic heterocycles. The lowest BCUT2D eigenvalue weighted by Crippen LogP contribution is -2.45. The molecule has 0 radical (unpaired) electrons. The molecule has 11 heteroatoms. The van der Waals surface area contributed by atoms with Gasteiger partial charge in [0, 0.05) is 62.4 Å². The van der Waals surface area contributed by atoms with Crippen molar-refractivity contribution in [1.29, 1.82) is 5.26 Å². The summed E-state index contributed by atoms with van der Waals surface area (Å²) < 4.78 is 7.27. The van der Waals surface area contributed by atoms with Gasteiger partial charge in [0.05, 0.1) is 36.2 Å². The molecule has 11 nitrogen and oxygen atoms in total. The Balaban J connectivity index is 1.17. The molecule has 4 heterocycles. The molecule has 0 spiro atoms. The van der Waals surface area contributed by atoms with Gasteiger partial charge in [0.1, 0.15) is 6.33 Å². The average Bonchev–Trinajstić information content (AvgIpc) is 3.49. The Bertz CT molecular complexity index is 1460. The van der Waals surface area contributed by atoms with Crippen LogP contribution in [0.2, 0.25) is 0 Å². The second kappa shape index (κ2) is 11.1. The van der Waals surface area contributed by atoms with Crippen LogP contribution in [0.5, 0.6) is 0 Å². The van der Waals surface area contributed by atoms with Crippen LogP contribution in [0, 0.1) is 11.3 Å². The molecule has 0 saturated carbocycles. The second-order valence-electron chi connectivity index (χ2n) is 9.70. The highest BCUT2D eigenvalue weighted by Crippen LogP contribution is 2.27. The zero-order valence-electron chi connectivity index (χ0n) is 21.9. The fraction of sp³-hybridized carbons (Fsp3) is 0.321. The minimum Gasteiger partial charge on any atom is -0.378 e. The van der Waals surface area contributed by atoms with Crippen molar-refractivity contribution in [2.75, 3.05) is 74.6 Å². The number of nitriles is 1. The third-order valence-corrected chi connectivity index (χ3v) is 7.03. The van der Waals surface area contributed by atoms with Crippen LogP contribution >= 0.6 is 0 Å². The number of hydrogen-bond acceptors (Lipinski definition) is 10. The van der Waals surface area contributed by atoms with Gasteiger partial charge in [-0.3, -0.25) is 0 Å². The van der Waals surface area contributed by atoms with Crippen LogP contribution in [0.25, 0.3) is 16.9 Å². The number of nitrogens with one attached hydrogen (secondary N) is 1. The molecule has 4 aromatic rings. The van der Waals surface area contributed by atoms with Crippen molar-refractivity contribution in [3.05, 3.63) is 66.6 Å². The summed E-state index contributed by atoms with van der Waals surface area (Å²) in [5.74, 6) is 1.24. The third kappa shape index (κ3) is 5.67. The highest BCUT2D eigenvalue weighted by Gasteiger charge is 2.18. The smallest absolute Gasteiger partial charge is 0.245 e. The SMILES string of the molecule is CN1CCN(c2ncn(-c3ccc(Nc4nccc(-c5cc(C#N)cc(N6CCOCC6)c5)n4)cc3)n2)CC1. The van der Waals surface area contributed by atoms with E-state index >= 15 is 0 Å². The summed E-state index contributed by atoms with van der Waals surface area (Å²) in [7, 11) is 2.13. The Morgan fingerprint density at radius 3 is 2.44 bits per heavy atom. The first-order chi connectivity index (χ1) is 19.1. The van der Waals surface area contributed by atoms with E-state index in [1.165, 1.54) is 0 Å². The molecule has 2 fully saturated rings. The summed E-state index contributed by atoms with van der Waals surface area (Å²) in [5, 5.41) is 17.6. The molecule has 39 heavy (non-hydrogen) atoms. The summed E-state index contributed by atoms with van der Waals surface area (Å²) in [4.78, 5) is 20.4. The van der Waals surface area contributed by atoms with Crippen LogP contribution in [0.3, 0.4) is 0 Å². The minimum absolute atomic E-state index is 0.480. The first kappa shape index (κ1) is 24.8. The van der Waals surface area contributed by atoms with E-state index in [1.807, 2.05) is 42.5 Å². The number of rotatable bonds is 6. The quantitative estimate of drug-likeness (QED) is 0.406. The molecule has 0 atom stereocenters. The number of hydrogen-bond donors (Lipinski definition) is 1. The van der Waals surface area contributed by atoms with Gasteiger partial charge in [-0.1, -0.05) is 0 Å². The maximum atomic E-state index is 9.61. The Labute approximate surface area is 227 Å². The summed E-state index contributed by atoms with van der Waals surface area (Å²) in [6, 6.07) is 17.9. The first-order valence-electron chi connectivity index (χ1n) is 13.1. The summed E-state index contributed by atoms with van der Waals surface area (Å²) in [6.07, 6.45) is 3.48. The Kier molecular flexibility index (Phi) is 7.03. The van der Waals surface area contributed by atoms with Crippen molar-refractivity contribution >= 4 is 23.3 Å². The summed E-state index contributed by atoms with van der Waals surface area (Å²) in [5.41, 5.74) is 5.00. The summed E-state index contributed by atoms with van der Waals surface area (Å²) in [6.45, 7) is 6.84. The zero-order valence-corrected chi connectivity index (χ0v) is 21.9. The second-order valence-corrected chi connectivity index (χ2v) is 9.70. The van der Waals surface area contributed by atoms with Gasteiger partial charge in [-0.25, -0.2) is 14.6 Å². The fourth-order valence-electron chi connectivity index (χ4n) is 4.76. The van der Waals surface area contributed by atoms with Crippen molar-refractivity contribution in [2.45, 2.75) is 0 Å². The average molecular weight is 523 g/mol. The van der Waals surface area contributed by atoms with Crippen LogP contribution in [0.15, 0.2) is 61.1 Å². The van der Waals surface area contributed by atoms with Gasteiger partial charge in [-0.15, -0.1) is 5.10 Å². The summed E-state index contributed by atoms with van der Waals surface area (Å²) >= 11 is 0. The fourth-order valence-corrected chi connectivity index (χ4v) is 4.76. The number of anilines is 4. The highest BCUT2D eigenvalue weighted by atomic mass is 16.5. The lowest BCUT2D eigenvalue weighted by atomic mass is 10.1. The minimum atomic E-state index is 0.480. The predicted octanol–water partition coefficient (Wildman–Crippen LogP) is 2.93. The monoisotopic (exact) mass is 522 g/mol. The number of piperazine rings is 1. The molecule has 0 unspecified atom stereocenters. The number of likely N-dealkylation sites (N-methyl/N-ethyl adjacent to an activating group) is 1. The van der Waals surface area contributed by atoms with E-state index in [2.05, 4.69) is 54.3 Å². The zero-order chi connectivity index (χ0) is 26.6. The number of morpholine rings is 1. The van der Waals surface area contributed by atoms with E-state index in [9.17, 15) is 5.26 Å². The van der Waals surface area contributed by atoms with Crippen LogP contribution in [-0.2, 0) is 4.74 Å². The molecule has 2 aromatic carbocycles. The van der Waals surface area contributed by atoms with Crippen molar-refractivity contribution in [3.63, 3.8) is 0 Å². The number of ether oxygens (including phenoxy) is 1. The van der Waals surface area contributed by atoms with Gasteiger partial charge < -0.3 is 24.8 Å². The van der Waals surface area contributed by atoms with Crippen LogP contribution in [0.1, 0.15) is 5.56 Å². The van der Waals surface area contributed by atoms with Crippen molar-refractivity contribution in [1.82, 2.24) is 29.6 Å². The van der Waals surface area contributed by atoms with Crippen molar-refractivity contribution in [3.8, 4) is 23.0 Å². The normalized spacial score (nSPS) is 16.2. The predicted molar refractivity (Wildman–Crippen MR) is 150 cm³/mol. The van der Waals surface area contributed by atoms with Gasteiger partial charge in [-0.05, 0) is 55.6 Å². The van der Waals surface area contributed by atoms with E-state index in [4.69, 9.17) is 9.72 Å². The molecule has 0 bridgehead atoms. The molecule has 0 amide bonds. The largest absolute Gasteiger partial charge is 0.378 e. The van der Waals surface area contributed by atoms with Gasteiger partial charge in [-0.2, -0.15) is 10.2 Å². The lowest BCUT2D eigenvalue weighted by Gasteiger charge is -2.31. The Morgan fingerprint density at radius 1 is 0.872 bits per heavy atom.